The lowest BCUT2D eigenvalue weighted by atomic mass is 10.2. The molecular weight excluding hydrogens is 378 g/mol. The topological polar surface area (TPSA) is 72.8 Å². The Morgan fingerprint density at radius 2 is 2.26 bits per heavy atom. The van der Waals surface area contributed by atoms with Gasteiger partial charge in [0.2, 0.25) is 5.13 Å². The van der Waals surface area contributed by atoms with Gasteiger partial charge in [-0.25, -0.2) is 4.98 Å². The molecule has 4 rings (SSSR count). The van der Waals surface area contributed by atoms with E-state index in [4.69, 9.17) is 4.74 Å². The lowest BCUT2D eigenvalue weighted by Gasteiger charge is -2.05. The molecule has 1 fully saturated rings. The van der Waals surface area contributed by atoms with Crippen LogP contribution in [-0.4, -0.2) is 32.9 Å². The molecule has 1 atom stereocenters. The molecule has 1 aliphatic heterocycles. The molecule has 0 bridgehead atoms. The van der Waals surface area contributed by atoms with E-state index in [0.29, 0.717) is 0 Å². The van der Waals surface area contributed by atoms with Gasteiger partial charge >= 0.3 is 0 Å². The molecule has 1 saturated heterocycles. The van der Waals surface area contributed by atoms with Crippen LogP contribution in [0.1, 0.15) is 17.8 Å². The highest BCUT2D eigenvalue weighted by molar-refractivity contribution is 9.10. The fraction of sp³-hybridized carbons (Fsp3) is 0.333. The number of hydrogen-bond acceptors (Lipinski definition) is 7. The third kappa shape index (κ3) is 3.49. The zero-order chi connectivity index (χ0) is 15.6. The van der Waals surface area contributed by atoms with E-state index in [1.54, 1.807) is 17.5 Å². The fourth-order valence-electron chi connectivity index (χ4n) is 2.55. The van der Waals surface area contributed by atoms with E-state index >= 15 is 0 Å². The van der Waals surface area contributed by atoms with Crippen LogP contribution in [-0.2, 0) is 11.2 Å². The van der Waals surface area contributed by atoms with Gasteiger partial charge in [0.15, 0.2) is 0 Å². The third-order valence-electron chi connectivity index (χ3n) is 3.63. The van der Waals surface area contributed by atoms with Gasteiger partial charge in [-0.2, -0.15) is 0 Å². The molecule has 0 aromatic carbocycles. The highest BCUT2D eigenvalue weighted by atomic mass is 79.9. The van der Waals surface area contributed by atoms with Gasteiger partial charge in [-0.05, 0) is 47.0 Å². The molecule has 3 aromatic rings. The van der Waals surface area contributed by atoms with Crippen molar-refractivity contribution < 1.29 is 4.74 Å². The lowest BCUT2D eigenvalue weighted by molar-refractivity contribution is 0.111. The Balaban J connectivity index is 1.50. The highest BCUT2D eigenvalue weighted by Gasteiger charge is 2.18. The third-order valence-corrected chi connectivity index (χ3v) is 4.93. The van der Waals surface area contributed by atoms with Crippen molar-refractivity contribution in [3.63, 3.8) is 0 Å². The van der Waals surface area contributed by atoms with Crippen LogP contribution in [0.4, 0.5) is 10.9 Å². The Bertz CT molecular complexity index is 834. The maximum absolute atomic E-state index is 5.64. The second-order valence-electron chi connectivity index (χ2n) is 5.35. The summed E-state index contributed by atoms with van der Waals surface area (Å²) in [6.07, 6.45) is 5.13. The number of ether oxygens (including phenoxy) is 1. The summed E-state index contributed by atoms with van der Waals surface area (Å²) in [6.45, 7) is 0.860. The molecule has 6 nitrogen and oxygen atoms in total. The van der Waals surface area contributed by atoms with Crippen molar-refractivity contribution >= 4 is 49.2 Å². The standard InChI is InChI=1S/C15H14BrN5OS/c16-9-6-12-11(17-8-9)3-4-13(18-12)19-15-21-20-14(23-15)7-10-2-1-5-22-10/h3-4,6,8,10H,1-2,5,7H2,(H,18,19,21). The van der Waals surface area contributed by atoms with E-state index in [0.717, 1.165) is 57.3 Å². The smallest absolute Gasteiger partial charge is 0.211 e. The second kappa shape index (κ2) is 6.46. The van der Waals surface area contributed by atoms with Crippen LogP contribution in [0.15, 0.2) is 28.9 Å². The molecule has 0 saturated carbocycles. The quantitative estimate of drug-likeness (QED) is 0.730. The summed E-state index contributed by atoms with van der Waals surface area (Å²) in [4.78, 5) is 8.87. The largest absolute Gasteiger partial charge is 0.378 e. The number of nitrogens with one attached hydrogen (secondary N) is 1. The number of pyridine rings is 2. The summed E-state index contributed by atoms with van der Waals surface area (Å²) in [5.41, 5.74) is 1.68. The van der Waals surface area contributed by atoms with Crippen molar-refractivity contribution in [2.45, 2.75) is 25.4 Å². The summed E-state index contributed by atoms with van der Waals surface area (Å²) in [5, 5.41) is 13.4. The van der Waals surface area contributed by atoms with Gasteiger partial charge in [0.05, 0.1) is 17.1 Å². The molecular formula is C15H14BrN5OS. The summed E-state index contributed by atoms with van der Waals surface area (Å²) in [7, 11) is 0. The maximum atomic E-state index is 5.64. The van der Waals surface area contributed by atoms with Gasteiger partial charge in [0, 0.05) is 23.7 Å². The summed E-state index contributed by atoms with van der Waals surface area (Å²) < 4.78 is 6.55. The van der Waals surface area contributed by atoms with Crippen LogP contribution in [0.25, 0.3) is 11.0 Å². The molecule has 0 amide bonds. The van der Waals surface area contributed by atoms with Crippen LogP contribution in [0.2, 0.25) is 0 Å². The molecule has 8 heteroatoms. The molecule has 1 N–H and O–H groups in total. The zero-order valence-corrected chi connectivity index (χ0v) is 14.6. The molecule has 1 aliphatic rings. The van der Waals surface area contributed by atoms with Crippen molar-refractivity contribution in [2.24, 2.45) is 0 Å². The predicted octanol–water partition coefficient (Wildman–Crippen LogP) is 3.71. The molecule has 23 heavy (non-hydrogen) atoms. The molecule has 0 spiro atoms. The van der Waals surface area contributed by atoms with Crippen molar-refractivity contribution in [2.75, 3.05) is 11.9 Å². The Labute approximate surface area is 145 Å². The first-order valence-electron chi connectivity index (χ1n) is 7.39. The summed E-state index contributed by atoms with van der Waals surface area (Å²) >= 11 is 4.96. The first kappa shape index (κ1) is 14.9. The van der Waals surface area contributed by atoms with Crippen molar-refractivity contribution in [1.29, 1.82) is 0 Å². The van der Waals surface area contributed by atoms with Gasteiger partial charge < -0.3 is 10.1 Å². The van der Waals surface area contributed by atoms with E-state index in [-0.39, 0.29) is 6.10 Å². The number of aromatic nitrogens is 4. The van der Waals surface area contributed by atoms with E-state index in [9.17, 15) is 0 Å². The van der Waals surface area contributed by atoms with Gasteiger partial charge in [0.25, 0.3) is 0 Å². The summed E-state index contributed by atoms with van der Waals surface area (Å²) in [6, 6.07) is 5.77. The highest BCUT2D eigenvalue weighted by Crippen LogP contribution is 2.25. The number of nitrogens with zero attached hydrogens (tertiary/aromatic N) is 4. The van der Waals surface area contributed by atoms with E-state index in [1.807, 2.05) is 18.2 Å². The first-order chi connectivity index (χ1) is 11.3. The van der Waals surface area contributed by atoms with Crippen molar-refractivity contribution in [1.82, 2.24) is 20.2 Å². The van der Waals surface area contributed by atoms with Crippen LogP contribution < -0.4 is 5.32 Å². The van der Waals surface area contributed by atoms with Crippen LogP contribution in [0.5, 0.6) is 0 Å². The normalized spacial score (nSPS) is 17.7. The zero-order valence-electron chi connectivity index (χ0n) is 12.2. The number of hydrogen-bond donors (Lipinski definition) is 1. The van der Waals surface area contributed by atoms with Gasteiger partial charge in [-0.15, -0.1) is 10.2 Å². The van der Waals surface area contributed by atoms with Gasteiger partial charge in [-0.1, -0.05) is 11.3 Å². The number of fused-ring (bicyclic) bond motifs is 1. The minimum atomic E-state index is 0.290. The number of rotatable bonds is 4. The Kier molecular flexibility index (Phi) is 4.19. The van der Waals surface area contributed by atoms with Crippen LogP contribution in [0, 0.1) is 0 Å². The van der Waals surface area contributed by atoms with Crippen LogP contribution in [0.3, 0.4) is 0 Å². The number of halogens is 1. The van der Waals surface area contributed by atoms with E-state index in [1.165, 1.54) is 0 Å². The molecule has 4 heterocycles. The minimum Gasteiger partial charge on any atom is -0.378 e. The average Bonchev–Trinajstić information content (AvgIpc) is 3.19. The van der Waals surface area contributed by atoms with Gasteiger partial charge in [-0.3, -0.25) is 4.98 Å². The average molecular weight is 392 g/mol. The van der Waals surface area contributed by atoms with Crippen molar-refractivity contribution in [3.8, 4) is 0 Å². The minimum absolute atomic E-state index is 0.290. The lowest BCUT2D eigenvalue weighted by Crippen LogP contribution is -2.08. The monoisotopic (exact) mass is 391 g/mol. The SMILES string of the molecule is Brc1cnc2ccc(Nc3nnc(CC4CCCO4)s3)nc2c1. The maximum Gasteiger partial charge on any atom is 0.211 e. The Morgan fingerprint density at radius 3 is 3.13 bits per heavy atom. The fourth-order valence-corrected chi connectivity index (χ4v) is 3.68. The predicted molar refractivity (Wildman–Crippen MR) is 93.1 cm³/mol. The van der Waals surface area contributed by atoms with Crippen molar-refractivity contribution in [3.05, 3.63) is 33.9 Å². The molecule has 0 aliphatic carbocycles. The molecule has 118 valence electrons. The van der Waals surface area contributed by atoms with Gasteiger partial charge in [0.1, 0.15) is 10.8 Å². The summed E-state index contributed by atoms with van der Waals surface area (Å²) in [5.74, 6) is 0.734. The second-order valence-corrected chi connectivity index (χ2v) is 7.33. The Morgan fingerprint density at radius 1 is 1.30 bits per heavy atom. The first-order valence-corrected chi connectivity index (χ1v) is 9.00. The van der Waals surface area contributed by atoms with E-state index < -0.39 is 0 Å². The molecule has 0 radical (unpaired) electrons. The van der Waals surface area contributed by atoms with Crippen LogP contribution >= 0.6 is 27.3 Å². The number of anilines is 2. The molecule has 1 unspecified atom stereocenters. The molecule has 3 aromatic heterocycles. The van der Waals surface area contributed by atoms with E-state index in [2.05, 4.69) is 41.4 Å². The Hall–Kier alpha value is -1.64.